The number of carbonyl (C=O) groups is 1. The fourth-order valence-electron chi connectivity index (χ4n) is 1.64. The highest BCUT2D eigenvalue weighted by molar-refractivity contribution is 7.89. The van der Waals surface area contributed by atoms with Crippen molar-refractivity contribution in [2.45, 2.75) is 25.3 Å². The van der Waals surface area contributed by atoms with Gasteiger partial charge in [-0.15, -0.1) is 0 Å². The number of hydrogen-bond acceptors (Lipinski definition) is 5. The number of carboxylic acid groups (broad SMARTS) is 1. The van der Waals surface area contributed by atoms with Crippen LogP contribution in [-0.4, -0.2) is 29.7 Å². The van der Waals surface area contributed by atoms with Crippen molar-refractivity contribution >= 4 is 16.0 Å². The molecule has 0 aliphatic heterocycles. The molecule has 2 aromatic rings. The summed E-state index contributed by atoms with van der Waals surface area (Å²) in [6.45, 7) is 3.21. The van der Waals surface area contributed by atoms with E-state index in [1.54, 1.807) is 6.92 Å². The standard InChI is InChI=1S/C11H13N3O5S/c1-6-8(4-12-14-6)5-13-20(17,18)10-3-9(11(15)16)19-7(10)2/h3-4,13H,5H2,1-2H3,(H,12,14)(H,15,16). The Balaban J connectivity index is 2.22. The molecule has 0 amide bonds. The number of nitrogens with zero attached hydrogens (tertiary/aromatic N) is 1. The van der Waals surface area contributed by atoms with Crippen LogP contribution < -0.4 is 4.72 Å². The van der Waals surface area contributed by atoms with Crippen molar-refractivity contribution in [1.82, 2.24) is 14.9 Å². The Hall–Kier alpha value is -2.13. The summed E-state index contributed by atoms with van der Waals surface area (Å²) >= 11 is 0. The van der Waals surface area contributed by atoms with Crippen LogP contribution >= 0.6 is 0 Å². The highest BCUT2D eigenvalue weighted by Gasteiger charge is 2.23. The minimum Gasteiger partial charge on any atom is -0.475 e. The lowest BCUT2D eigenvalue weighted by atomic mass is 10.3. The first-order chi connectivity index (χ1) is 9.31. The molecule has 0 radical (unpaired) electrons. The third kappa shape index (κ3) is 2.73. The predicted octanol–water partition coefficient (Wildman–Crippen LogP) is 0.796. The molecule has 0 saturated carbocycles. The second-order valence-electron chi connectivity index (χ2n) is 4.18. The first-order valence-corrected chi connectivity index (χ1v) is 7.12. The SMILES string of the molecule is Cc1[nH]ncc1CNS(=O)(=O)c1cc(C(=O)O)oc1C. The van der Waals surface area contributed by atoms with Crippen molar-refractivity contribution in [3.63, 3.8) is 0 Å². The lowest BCUT2D eigenvalue weighted by Crippen LogP contribution is -2.23. The number of H-pyrrole nitrogens is 1. The van der Waals surface area contributed by atoms with Gasteiger partial charge in [0.2, 0.25) is 15.8 Å². The largest absolute Gasteiger partial charge is 0.475 e. The normalized spacial score (nSPS) is 11.7. The average Bonchev–Trinajstić information content (AvgIpc) is 2.93. The summed E-state index contributed by atoms with van der Waals surface area (Å²) in [6.07, 6.45) is 1.52. The van der Waals surface area contributed by atoms with Crippen LogP contribution in [0.15, 0.2) is 21.6 Å². The molecule has 0 saturated heterocycles. The van der Waals surface area contributed by atoms with Crippen LogP contribution in [0.3, 0.4) is 0 Å². The molecule has 0 spiro atoms. The van der Waals surface area contributed by atoms with Crippen LogP contribution in [-0.2, 0) is 16.6 Å². The van der Waals surface area contributed by atoms with Crippen LogP contribution in [0.1, 0.15) is 27.6 Å². The maximum atomic E-state index is 12.1. The highest BCUT2D eigenvalue weighted by Crippen LogP contribution is 2.20. The molecule has 0 bridgehead atoms. The first-order valence-electron chi connectivity index (χ1n) is 5.63. The van der Waals surface area contributed by atoms with Crippen LogP contribution in [0.25, 0.3) is 0 Å². The molecule has 0 atom stereocenters. The van der Waals surface area contributed by atoms with E-state index in [0.29, 0.717) is 5.56 Å². The third-order valence-corrected chi connectivity index (χ3v) is 4.27. The molecular weight excluding hydrogens is 286 g/mol. The molecule has 0 aromatic carbocycles. The van der Waals surface area contributed by atoms with Gasteiger partial charge in [-0.1, -0.05) is 0 Å². The van der Waals surface area contributed by atoms with E-state index >= 15 is 0 Å². The van der Waals surface area contributed by atoms with Gasteiger partial charge in [-0.3, -0.25) is 5.10 Å². The number of nitrogens with one attached hydrogen (secondary N) is 2. The van der Waals surface area contributed by atoms with Crippen LogP contribution in [0.5, 0.6) is 0 Å². The first kappa shape index (κ1) is 14.3. The second-order valence-corrected chi connectivity index (χ2v) is 5.92. The van der Waals surface area contributed by atoms with Crippen molar-refractivity contribution in [1.29, 1.82) is 0 Å². The van der Waals surface area contributed by atoms with Gasteiger partial charge in [-0.05, 0) is 13.8 Å². The molecular formula is C11H13N3O5S. The molecule has 0 aliphatic carbocycles. The van der Waals surface area contributed by atoms with E-state index in [2.05, 4.69) is 14.9 Å². The number of furan rings is 1. The molecule has 2 heterocycles. The summed E-state index contributed by atoms with van der Waals surface area (Å²) < 4.78 is 31.5. The zero-order chi connectivity index (χ0) is 14.9. The number of rotatable bonds is 5. The quantitative estimate of drug-likeness (QED) is 0.749. The van der Waals surface area contributed by atoms with Crippen LogP contribution in [0, 0.1) is 13.8 Å². The van der Waals surface area contributed by atoms with E-state index in [9.17, 15) is 13.2 Å². The number of aromatic carboxylic acids is 1. The second kappa shape index (κ2) is 5.10. The van der Waals surface area contributed by atoms with Crippen molar-refractivity contribution in [3.8, 4) is 0 Å². The van der Waals surface area contributed by atoms with E-state index in [1.807, 2.05) is 0 Å². The fraction of sp³-hybridized carbons (Fsp3) is 0.273. The highest BCUT2D eigenvalue weighted by atomic mass is 32.2. The van der Waals surface area contributed by atoms with E-state index in [-0.39, 0.29) is 17.2 Å². The predicted molar refractivity (Wildman–Crippen MR) is 67.8 cm³/mol. The van der Waals surface area contributed by atoms with Gasteiger partial charge >= 0.3 is 5.97 Å². The van der Waals surface area contributed by atoms with E-state index < -0.39 is 21.8 Å². The lowest BCUT2D eigenvalue weighted by molar-refractivity contribution is 0.0661. The number of aromatic nitrogens is 2. The van der Waals surface area contributed by atoms with Crippen molar-refractivity contribution in [2.24, 2.45) is 0 Å². The van der Waals surface area contributed by atoms with E-state index in [0.717, 1.165) is 11.8 Å². The monoisotopic (exact) mass is 299 g/mol. The van der Waals surface area contributed by atoms with Gasteiger partial charge in [-0.25, -0.2) is 17.9 Å². The van der Waals surface area contributed by atoms with E-state index in [4.69, 9.17) is 9.52 Å². The van der Waals surface area contributed by atoms with E-state index in [1.165, 1.54) is 13.1 Å². The number of aryl methyl sites for hydroxylation is 2. The van der Waals surface area contributed by atoms with Crippen molar-refractivity contribution in [3.05, 3.63) is 35.0 Å². The molecule has 0 unspecified atom stereocenters. The molecule has 0 aliphatic rings. The molecule has 20 heavy (non-hydrogen) atoms. The summed E-state index contributed by atoms with van der Waals surface area (Å²) in [5, 5.41) is 15.3. The molecule has 8 nitrogen and oxygen atoms in total. The Morgan fingerprint density at radius 2 is 2.20 bits per heavy atom. The molecule has 2 rings (SSSR count). The molecule has 0 fully saturated rings. The van der Waals surface area contributed by atoms with Crippen LogP contribution in [0.4, 0.5) is 0 Å². The third-order valence-electron chi connectivity index (χ3n) is 2.76. The smallest absolute Gasteiger partial charge is 0.371 e. The topological polar surface area (TPSA) is 125 Å². The Labute approximate surface area is 114 Å². The number of hydrogen-bond donors (Lipinski definition) is 3. The van der Waals surface area contributed by atoms with Gasteiger partial charge in [0.15, 0.2) is 0 Å². The van der Waals surface area contributed by atoms with Crippen LogP contribution in [0.2, 0.25) is 0 Å². The Morgan fingerprint density at radius 1 is 1.50 bits per heavy atom. The number of aromatic amines is 1. The maximum Gasteiger partial charge on any atom is 0.371 e. The Morgan fingerprint density at radius 3 is 2.70 bits per heavy atom. The van der Waals surface area contributed by atoms with Gasteiger partial charge in [0.25, 0.3) is 0 Å². The molecule has 108 valence electrons. The fourth-order valence-corrected chi connectivity index (χ4v) is 2.83. The number of sulfonamides is 1. The average molecular weight is 299 g/mol. The summed E-state index contributed by atoms with van der Waals surface area (Å²) in [4.78, 5) is 10.6. The maximum absolute atomic E-state index is 12.1. The minimum absolute atomic E-state index is 0.0267. The summed E-state index contributed by atoms with van der Waals surface area (Å²) in [6, 6.07) is 0.988. The summed E-state index contributed by atoms with van der Waals surface area (Å²) in [5.41, 5.74) is 1.45. The summed E-state index contributed by atoms with van der Waals surface area (Å²) in [7, 11) is -3.85. The van der Waals surface area contributed by atoms with Crippen molar-refractivity contribution < 1.29 is 22.7 Å². The zero-order valence-electron chi connectivity index (χ0n) is 10.8. The van der Waals surface area contributed by atoms with Gasteiger partial charge in [0, 0.05) is 23.9 Å². The Bertz CT molecular complexity index is 744. The van der Waals surface area contributed by atoms with Gasteiger partial charge < -0.3 is 9.52 Å². The van der Waals surface area contributed by atoms with Crippen molar-refractivity contribution in [2.75, 3.05) is 0 Å². The minimum atomic E-state index is -3.85. The molecule has 3 N–H and O–H groups in total. The Kier molecular flexibility index (Phi) is 3.64. The molecule has 2 aromatic heterocycles. The zero-order valence-corrected chi connectivity index (χ0v) is 11.6. The van der Waals surface area contributed by atoms with Gasteiger partial charge in [0.1, 0.15) is 10.7 Å². The van der Waals surface area contributed by atoms with Gasteiger partial charge in [-0.2, -0.15) is 5.10 Å². The van der Waals surface area contributed by atoms with Gasteiger partial charge in [0.05, 0.1) is 6.20 Å². The molecule has 9 heteroatoms. The summed E-state index contributed by atoms with van der Waals surface area (Å²) in [5.74, 6) is -1.71. The number of carboxylic acids is 1. The lowest BCUT2D eigenvalue weighted by Gasteiger charge is -2.04.